The summed E-state index contributed by atoms with van der Waals surface area (Å²) in [7, 11) is -3.83. The summed E-state index contributed by atoms with van der Waals surface area (Å²) in [5, 5.41) is 8.10. The van der Waals surface area contributed by atoms with E-state index >= 15 is 0 Å². The van der Waals surface area contributed by atoms with Crippen molar-refractivity contribution in [1.29, 1.82) is 0 Å². The highest BCUT2D eigenvalue weighted by Gasteiger charge is 2.70. The summed E-state index contributed by atoms with van der Waals surface area (Å²) in [6.07, 6.45) is 2.93. The number of sulfone groups is 1. The summed E-state index contributed by atoms with van der Waals surface area (Å²) >= 11 is 0. The highest BCUT2D eigenvalue weighted by atomic mass is 32.2. The van der Waals surface area contributed by atoms with E-state index in [-0.39, 0.29) is 5.57 Å². The third-order valence-corrected chi connectivity index (χ3v) is 6.95. The van der Waals surface area contributed by atoms with Crippen LogP contribution in [0.4, 0.5) is 0 Å². The first kappa shape index (κ1) is 14.7. The standard InChI is InChI=1S/C14H14N2O5S/c1-14(2)10(13(18)19)16-11(17)9(12(16)22(14,20)21)7-8-5-3-4-6-15-8/h3-7,10,12H,1-2H3,(H,18,19)/b9-7+/t10-,12+/m0/s1. The van der Waals surface area contributed by atoms with Crippen LogP contribution in [0.2, 0.25) is 0 Å². The van der Waals surface area contributed by atoms with Crippen molar-refractivity contribution in [2.24, 2.45) is 0 Å². The quantitative estimate of drug-likeness (QED) is 0.620. The van der Waals surface area contributed by atoms with E-state index in [0.717, 1.165) is 4.90 Å². The van der Waals surface area contributed by atoms with Crippen LogP contribution < -0.4 is 0 Å². The van der Waals surface area contributed by atoms with Gasteiger partial charge in [-0.15, -0.1) is 0 Å². The molecule has 1 aromatic rings. The van der Waals surface area contributed by atoms with Crippen LogP contribution in [-0.2, 0) is 19.4 Å². The molecule has 0 unspecified atom stereocenters. The van der Waals surface area contributed by atoms with Crippen molar-refractivity contribution in [1.82, 2.24) is 9.88 Å². The molecule has 2 aliphatic rings. The molecule has 2 atom stereocenters. The zero-order valence-electron chi connectivity index (χ0n) is 11.9. The van der Waals surface area contributed by atoms with E-state index in [0.29, 0.717) is 5.69 Å². The molecule has 0 radical (unpaired) electrons. The van der Waals surface area contributed by atoms with Gasteiger partial charge in [-0.05, 0) is 32.1 Å². The van der Waals surface area contributed by atoms with Crippen molar-refractivity contribution >= 4 is 27.8 Å². The van der Waals surface area contributed by atoms with Crippen molar-refractivity contribution in [3.05, 3.63) is 35.7 Å². The predicted octanol–water partition coefficient (Wildman–Crippen LogP) is 0.294. The van der Waals surface area contributed by atoms with E-state index in [1.807, 2.05) is 0 Å². The summed E-state index contributed by atoms with van der Waals surface area (Å²) in [5.41, 5.74) is 0.521. The molecule has 0 bridgehead atoms. The van der Waals surface area contributed by atoms with Crippen molar-refractivity contribution in [2.45, 2.75) is 30.0 Å². The molecule has 3 heterocycles. The third kappa shape index (κ3) is 1.67. The number of rotatable bonds is 2. The van der Waals surface area contributed by atoms with Crippen molar-refractivity contribution in [3.63, 3.8) is 0 Å². The fourth-order valence-corrected chi connectivity index (χ4v) is 5.08. The Morgan fingerprint density at radius 2 is 2.09 bits per heavy atom. The number of carbonyl (C=O) groups is 2. The average molecular weight is 322 g/mol. The second-order valence-electron chi connectivity index (χ2n) is 5.81. The molecular weight excluding hydrogens is 308 g/mol. The van der Waals surface area contributed by atoms with Gasteiger partial charge in [0.1, 0.15) is 4.75 Å². The number of aliphatic carboxylic acids is 1. The summed E-state index contributed by atoms with van der Waals surface area (Å²) in [6, 6.07) is 3.68. The van der Waals surface area contributed by atoms with Crippen molar-refractivity contribution in [3.8, 4) is 0 Å². The molecule has 116 valence electrons. The molecule has 0 aromatic carbocycles. The van der Waals surface area contributed by atoms with Gasteiger partial charge in [-0.2, -0.15) is 0 Å². The van der Waals surface area contributed by atoms with E-state index in [9.17, 15) is 23.1 Å². The summed E-state index contributed by atoms with van der Waals surface area (Å²) in [5.74, 6) is -1.89. The molecule has 2 fully saturated rings. The van der Waals surface area contributed by atoms with Gasteiger partial charge in [0, 0.05) is 6.20 Å². The molecule has 7 nitrogen and oxygen atoms in total. The van der Waals surface area contributed by atoms with Gasteiger partial charge in [-0.25, -0.2) is 13.2 Å². The second-order valence-corrected chi connectivity index (χ2v) is 8.40. The predicted molar refractivity (Wildman–Crippen MR) is 77.3 cm³/mol. The number of pyridine rings is 1. The number of aromatic nitrogens is 1. The van der Waals surface area contributed by atoms with Gasteiger partial charge in [-0.1, -0.05) is 6.07 Å². The maximum absolute atomic E-state index is 12.6. The molecular formula is C14H14N2O5S. The summed E-state index contributed by atoms with van der Waals surface area (Å²) in [4.78, 5) is 28.6. The number of nitrogens with zero attached hydrogens (tertiary/aromatic N) is 2. The minimum absolute atomic E-state index is 0.0653. The molecule has 1 amide bonds. The van der Waals surface area contributed by atoms with Crippen molar-refractivity contribution < 1.29 is 23.1 Å². The molecule has 0 saturated carbocycles. The number of carboxylic acids is 1. The molecule has 22 heavy (non-hydrogen) atoms. The monoisotopic (exact) mass is 322 g/mol. The molecule has 8 heteroatoms. The Hall–Kier alpha value is -2.22. The van der Waals surface area contributed by atoms with E-state index in [2.05, 4.69) is 4.98 Å². The molecule has 3 rings (SSSR count). The van der Waals surface area contributed by atoms with Crippen molar-refractivity contribution in [2.75, 3.05) is 0 Å². The molecule has 0 aliphatic carbocycles. The Morgan fingerprint density at radius 3 is 2.64 bits per heavy atom. The first-order chi connectivity index (χ1) is 10.2. The normalized spacial score (nSPS) is 30.0. The van der Waals surface area contributed by atoms with Gasteiger partial charge in [0.15, 0.2) is 21.3 Å². The number of carboxylic acid groups (broad SMARTS) is 1. The lowest BCUT2D eigenvalue weighted by atomic mass is 9.95. The van der Waals surface area contributed by atoms with Crippen LogP contribution in [0.15, 0.2) is 30.0 Å². The number of hydrogen-bond donors (Lipinski definition) is 1. The largest absolute Gasteiger partial charge is 0.480 e. The maximum Gasteiger partial charge on any atom is 0.328 e. The fraction of sp³-hybridized carbons (Fsp3) is 0.357. The number of β-lactam (4-membered cyclic amide) rings is 1. The van der Waals surface area contributed by atoms with Gasteiger partial charge >= 0.3 is 5.97 Å². The second kappa shape index (κ2) is 4.39. The Balaban J connectivity index is 2.11. The van der Waals surface area contributed by atoms with Crippen LogP contribution in [0.3, 0.4) is 0 Å². The lowest BCUT2D eigenvalue weighted by Gasteiger charge is -2.37. The van der Waals surface area contributed by atoms with Crippen LogP contribution in [0, 0.1) is 0 Å². The Kier molecular flexibility index (Phi) is 2.93. The van der Waals surface area contributed by atoms with Crippen LogP contribution in [0.5, 0.6) is 0 Å². The first-order valence-corrected chi connectivity index (χ1v) is 8.16. The zero-order valence-corrected chi connectivity index (χ0v) is 12.7. The van der Waals surface area contributed by atoms with Crippen LogP contribution in [0.25, 0.3) is 6.08 Å². The molecule has 0 spiro atoms. The fourth-order valence-electron chi connectivity index (χ4n) is 2.96. The smallest absolute Gasteiger partial charge is 0.328 e. The van der Waals surface area contributed by atoms with Gasteiger partial charge in [-0.3, -0.25) is 9.78 Å². The SMILES string of the molecule is CC1(C)[C@H](C(=O)O)N2C(=O)/C(=C\c3ccccn3)[C@H]2S1(=O)=O. The number of carbonyl (C=O) groups excluding carboxylic acids is 1. The Morgan fingerprint density at radius 1 is 1.41 bits per heavy atom. The third-order valence-electron chi connectivity index (χ3n) is 4.19. The van der Waals surface area contributed by atoms with E-state index in [1.54, 1.807) is 18.2 Å². The maximum atomic E-state index is 12.6. The Bertz CT molecular complexity index is 798. The molecule has 1 N–H and O–H groups in total. The minimum Gasteiger partial charge on any atom is -0.480 e. The van der Waals surface area contributed by atoms with E-state index < -0.39 is 37.9 Å². The minimum atomic E-state index is -3.83. The number of fused-ring (bicyclic) bond motifs is 1. The molecule has 1 aromatic heterocycles. The molecule has 2 saturated heterocycles. The van der Waals surface area contributed by atoms with Gasteiger partial charge in [0.25, 0.3) is 5.91 Å². The summed E-state index contributed by atoms with van der Waals surface area (Å²) in [6.45, 7) is 2.68. The number of hydrogen-bond acceptors (Lipinski definition) is 5. The lowest BCUT2D eigenvalue weighted by Crippen LogP contribution is -2.58. The van der Waals surface area contributed by atoms with E-state index in [1.165, 1.54) is 26.1 Å². The highest BCUT2D eigenvalue weighted by molar-refractivity contribution is 7.94. The van der Waals surface area contributed by atoms with Gasteiger partial charge in [0.2, 0.25) is 0 Å². The topological polar surface area (TPSA) is 105 Å². The highest BCUT2D eigenvalue weighted by Crippen LogP contribution is 2.48. The van der Waals surface area contributed by atoms with Crippen LogP contribution in [0.1, 0.15) is 19.5 Å². The van der Waals surface area contributed by atoms with Crippen LogP contribution in [-0.4, -0.2) is 51.4 Å². The lowest BCUT2D eigenvalue weighted by molar-refractivity contribution is -0.152. The number of amides is 1. The first-order valence-electron chi connectivity index (χ1n) is 6.61. The van der Waals surface area contributed by atoms with Crippen LogP contribution >= 0.6 is 0 Å². The van der Waals surface area contributed by atoms with E-state index in [4.69, 9.17) is 0 Å². The zero-order chi connectivity index (χ0) is 16.3. The summed E-state index contributed by atoms with van der Waals surface area (Å²) < 4.78 is 23.7. The Labute approximate surface area is 127 Å². The van der Waals surface area contributed by atoms with Gasteiger partial charge in [0.05, 0.1) is 11.3 Å². The molecule has 2 aliphatic heterocycles. The average Bonchev–Trinajstić information content (AvgIpc) is 2.59. The van der Waals surface area contributed by atoms with Gasteiger partial charge < -0.3 is 10.0 Å².